The molecule has 32 heavy (non-hydrogen) atoms. The lowest BCUT2D eigenvalue weighted by atomic mass is 10.1. The molecule has 1 aliphatic heterocycles. The van der Waals surface area contributed by atoms with Crippen LogP contribution < -0.4 is 10.2 Å². The number of hydrogen-bond donors (Lipinski definition) is 1. The van der Waals surface area contributed by atoms with Crippen molar-refractivity contribution in [3.8, 4) is 10.6 Å². The molecule has 1 aromatic heterocycles. The lowest BCUT2D eigenvalue weighted by molar-refractivity contribution is 0.0951. The molecule has 1 amide bonds. The van der Waals surface area contributed by atoms with Crippen LogP contribution in [-0.2, 0) is 6.54 Å². The molecule has 1 N–H and O–H groups in total. The minimum Gasteiger partial charge on any atom is -0.369 e. The summed E-state index contributed by atoms with van der Waals surface area (Å²) in [5.74, 6) is -0.0674. The van der Waals surface area contributed by atoms with Crippen molar-refractivity contribution in [3.63, 3.8) is 0 Å². The van der Waals surface area contributed by atoms with Crippen molar-refractivity contribution >= 4 is 33.1 Å². The van der Waals surface area contributed by atoms with E-state index in [1.807, 2.05) is 48.5 Å². The van der Waals surface area contributed by atoms with E-state index < -0.39 is 0 Å². The van der Waals surface area contributed by atoms with Gasteiger partial charge in [0.05, 0.1) is 10.2 Å². The summed E-state index contributed by atoms with van der Waals surface area (Å²) in [4.78, 5) is 22.2. The molecule has 0 aliphatic carbocycles. The molecule has 0 bridgehead atoms. The second-order valence-corrected chi connectivity index (χ2v) is 9.24. The van der Waals surface area contributed by atoms with Crippen LogP contribution >= 0.6 is 11.3 Å². The Kier molecular flexibility index (Phi) is 5.88. The van der Waals surface area contributed by atoms with Crippen molar-refractivity contribution < 1.29 is 4.79 Å². The number of hydrogen-bond acceptors (Lipinski definition) is 5. The number of rotatable bonds is 5. The Morgan fingerprint density at radius 1 is 0.969 bits per heavy atom. The van der Waals surface area contributed by atoms with Gasteiger partial charge in [0.1, 0.15) is 5.01 Å². The predicted molar refractivity (Wildman–Crippen MR) is 132 cm³/mol. The minimum absolute atomic E-state index is 0.0674. The number of nitrogens with zero attached hydrogens (tertiary/aromatic N) is 3. The highest BCUT2D eigenvalue weighted by molar-refractivity contribution is 7.21. The molecule has 2 heterocycles. The van der Waals surface area contributed by atoms with Gasteiger partial charge in [0.2, 0.25) is 0 Å². The van der Waals surface area contributed by atoms with E-state index in [0.29, 0.717) is 12.1 Å². The maximum atomic E-state index is 12.6. The number of carbonyl (C=O) groups is 1. The Labute approximate surface area is 192 Å². The van der Waals surface area contributed by atoms with Crippen LogP contribution in [0.15, 0.2) is 72.8 Å². The Bertz CT molecular complexity index is 1210. The highest BCUT2D eigenvalue weighted by Crippen LogP contribution is 2.32. The molecule has 162 valence electrons. The average molecular weight is 443 g/mol. The summed E-state index contributed by atoms with van der Waals surface area (Å²) < 4.78 is 1.02. The van der Waals surface area contributed by atoms with E-state index in [0.717, 1.165) is 52.5 Å². The molecule has 6 heteroatoms. The molecule has 5 rings (SSSR count). The highest BCUT2D eigenvalue weighted by Gasteiger charge is 2.15. The van der Waals surface area contributed by atoms with Gasteiger partial charge in [-0.15, -0.1) is 11.3 Å². The zero-order chi connectivity index (χ0) is 21.9. The molecule has 0 atom stereocenters. The average Bonchev–Trinajstić information content (AvgIpc) is 3.27. The maximum absolute atomic E-state index is 12.6. The van der Waals surface area contributed by atoms with E-state index in [9.17, 15) is 4.79 Å². The fourth-order valence-electron chi connectivity index (χ4n) is 3.95. The summed E-state index contributed by atoms with van der Waals surface area (Å²) in [6.07, 6.45) is 0. The van der Waals surface area contributed by atoms with Gasteiger partial charge in [-0.1, -0.05) is 30.3 Å². The SMILES string of the molecule is CN1CCN(c2ccc(-c3nc4ccc(C(=O)NCc5ccccc5)cc4s3)cc2)CC1. The van der Waals surface area contributed by atoms with Gasteiger partial charge in [0.15, 0.2) is 0 Å². The van der Waals surface area contributed by atoms with Crippen LogP contribution in [0.4, 0.5) is 5.69 Å². The molecular weight excluding hydrogens is 416 g/mol. The van der Waals surface area contributed by atoms with Crippen LogP contribution in [0.3, 0.4) is 0 Å². The van der Waals surface area contributed by atoms with Crippen molar-refractivity contribution in [1.29, 1.82) is 0 Å². The Hall–Kier alpha value is -3.22. The van der Waals surface area contributed by atoms with Gasteiger partial charge in [-0.2, -0.15) is 0 Å². The lowest BCUT2D eigenvalue weighted by Gasteiger charge is -2.34. The van der Waals surface area contributed by atoms with Crippen molar-refractivity contribution in [2.24, 2.45) is 0 Å². The normalized spacial score (nSPS) is 14.6. The van der Waals surface area contributed by atoms with Crippen LogP contribution in [0, 0.1) is 0 Å². The third-order valence-electron chi connectivity index (χ3n) is 5.93. The van der Waals surface area contributed by atoms with E-state index in [4.69, 9.17) is 4.98 Å². The molecule has 4 aromatic rings. The number of anilines is 1. The van der Waals surface area contributed by atoms with Crippen LogP contribution in [0.25, 0.3) is 20.8 Å². The zero-order valence-corrected chi connectivity index (χ0v) is 18.9. The number of piperazine rings is 1. The smallest absolute Gasteiger partial charge is 0.251 e. The number of likely N-dealkylation sites (N-methyl/N-ethyl adjacent to an activating group) is 1. The van der Waals surface area contributed by atoms with E-state index in [1.54, 1.807) is 11.3 Å². The highest BCUT2D eigenvalue weighted by atomic mass is 32.1. The number of nitrogens with one attached hydrogen (secondary N) is 1. The third kappa shape index (κ3) is 4.52. The van der Waals surface area contributed by atoms with E-state index in [-0.39, 0.29) is 5.91 Å². The molecule has 1 fully saturated rings. The molecule has 0 spiro atoms. The molecule has 0 saturated carbocycles. The predicted octanol–water partition coefficient (Wildman–Crippen LogP) is 4.65. The van der Waals surface area contributed by atoms with Crippen LogP contribution in [0.5, 0.6) is 0 Å². The molecule has 0 radical (unpaired) electrons. The fourth-order valence-corrected chi connectivity index (χ4v) is 4.96. The summed E-state index contributed by atoms with van der Waals surface area (Å²) in [6, 6.07) is 24.3. The Morgan fingerprint density at radius 3 is 2.47 bits per heavy atom. The molecular formula is C26H26N4OS. The first-order chi connectivity index (χ1) is 15.7. The van der Waals surface area contributed by atoms with Crippen LogP contribution in [-0.4, -0.2) is 49.0 Å². The Balaban J connectivity index is 1.30. The van der Waals surface area contributed by atoms with Gasteiger partial charge in [-0.25, -0.2) is 4.98 Å². The number of thiazole rings is 1. The molecule has 5 nitrogen and oxygen atoms in total. The van der Waals surface area contributed by atoms with Gasteiger partial charge in [-0.05, 0) is 55.1 Å². The summed E-state index contributed by atoms with van der Waals surface area (Å²) in [5.41, 5.74) is 5.04. The van der Waals surface area contributed by atoms with Crippen molar-refractivity contribution in [2.75, 3.05) is 38.1 Å². The first-order valence-corrected chi connectivity index (χ1v) is 11.7. The van der Waals surface area contributed by atoms with E-state index in [1.165, 1.54) is 5.69 Å². The largest absolute Gasteiger partial charge is 0.369 e. The van der Waals surface area contributed by atoms with Crippen molar-refractivity contribution in [3.05, 3.63) is 83.9 Å². The standard InChI is InChI=1S/C26H26N4OS/c1-29-13-15-30(16-14-29)22-10-7-20(8-11-22)26-28-23-12-9-21(17-24(23)32-26)25(31)27-18-19-5-3-2-4-6-19/h2-12,17H,13-16,18H2,1H3,(H,27,31). The topological polar surface area (TPSA) is 48.5 Å². The number of amides is 1. The number of benzene rings is 3. The second-order valence-electron chi connectivity index (χ2n) is 8.21. The second kappa shape index (κ2) is 9.10. The molecule has 1 saturated heterocycles. The minimum atomic E-state index is -0.0674. The van der Waals surface area contributed by atoms with E-state index >= 15 is 0 Å². The quantitative estimate of drug-likeness (QED) is 0.489. The number of aromatic nitrogens is 1. The third-order valence-corrected chi connectivity index (χ3v) is 7.00. The van der Waals surface area contributed by atoms with E-state index in [2.05, 4.69) is 46.4 Å². The summed E-state index contributed by atoms with van der Waals surface area (Å²) >= 11 is 1.63. The fraction of sp³-hybridized carbons (Fsp3) is 0.231. The zero-order valence-electron chi connectivity index (χ0n) is 18.1. The summed E-state index contributed by atoms with van der Waals surface area (Å²) in [5, 5.41) is 3.97. The molecule has 1 aliphatic rings. The number of fused-ring (bicyclic) bond motifs is 1. The summed E-state index contributed by atoms with van der Waals surface area (Å²) in [6.45, 7) is 4.84. The van der Waals surface area contributed by atoms with Crippen molar-refractivity contribution in [1.82, 2.24) is 15.2 Å². The maximum Gasteiger partial charge on any atom is 0.251 e. The lowest BCUT2D eigenvalue weighted by Crippen LogP contribution is -2.44. The van der Waals surface area contributed by atoms with Gasteiger partial charge in [-0.3, -0.25) is 4.79 Å². The van der Waals surface area contributed by atoms with Gasteiger partial charge in [0.25, 0.3) is 5.91 Å². The molecule has 3 aromatic carbocycles. The first kappa shape index (κ1) is 20.7. The molecule has 0 unspecified atom stereocenters. The van der Waals surface area contributed by atoms with Crippen molar-refractivity contribution in [2.45, 2.75) is 6.54 Å². The van der Waals surface area contributed by atoms with Crippen LogP contribution in [0.1, 0.15) is 15.9 Å². The number of carbonyl (C=O) groups excluding carboxylic acids is 1. The van der Waals surface area contributed by atoms with Gasteiger partial charge >= 0.3 is 0 Å². The monoisotopic (exact) mass is 442 g/mol. The summed E-state index contributed by atoms with van der Waals surface area (Å²) in [7, 11) is 2.17. The Morgan fingerprint density at radius 2 is 1.72 bits per heavy atom. The van der Waals surface area contributed by atoms with Crippen LogP contribution in [0.2, 0.25) is 0 Å². The first-order valence-electron chi connectivity index (χ1n) is 10.9. The van der Waals surface area contributed by atoms with Gasteiger partial charge in [0, 0.05) is 49.5 Å². The van der Waals surface area contributed by atoms with Gasteiger partial charge < -0.3 is 15.1 Å².